The normalized spacial score (nSPS) is 25.1. The largest absolute Gasteiger partial charge is 0.384 e. The molecular weight excluding hydrogens is 368 g/mol. The molecule has 2 fully saturated rings. The van der Waals surface area contributed by atoms with E-state index in [1.54, 1.807) is 0 Å². The van der Waals surface area contributed by atoms with E-state index < -0.39 is 5.60 Å². The Morgan fingerprint density at radius 2 is 1.50 bits per heavy atom. The molecule has 2 aliphatic rings. The predicted molar refractivity (Wildman–Crippen MR) is 120 cm³/mol. The molecule has 1 aliphatic heterocycles. The van der Waals surface area contributed by atoms with Gasteiger partial charge in [-0.15, -0.1) is 5.73 Å². The van der Waals surface area contributed by atoms with Crippen molar-refractivity contribution < 1.29 is 9.84 Å². The lowest BCUT2D eigenvalue weighted by atomic mass is 9.55. The first-order chi connectivity index (χ1) is 14.7. The van der Waals surface area contributed by atoms with Gasteiger partial charge in [-0.05, 0) is 30.0 Å². The van der Waals surface area contributed by atoms with Gasteiger partial charge < -0.3 is 9.84 Å². The molecule has 0 unspecified atom stereocenters. The minimum Gasteiger partial charge on any atom is -0.384 e. The van der Waals surface area contributed by atoms with Crippen LogP contribution in [0.1, 0.15) is 34.6 Å². The summed E-state index contributed by atoms with van der Waals surface area (Å²) in [4.78, 5) is 0. The molecule has 3 aromatic rings. The van der Waals surface area contributed by atoms with Gasteiger partial charge in [0.05, 0.1) is 13.2 Å². The van der Waals surface area contributed by atoms with E-state index in [0.717, 1.165) is 28.7 Å². The molecule has 5 rings (SSSR count). The number of aryl methyl sites for hydroxylation is 1. The molecule has 1 N–H and O–H groups in total. The van der Waals surface area contributed by atoms with Gasteiger partial charge in [0.1, 0.15) is 5.60 Å². The van der Waals surface area contributed by atoms with Gasteiger partial charge in [-0.2, -0.15) is 0 Å². The summed E-state index contributed by atoms with van der Waals surface area (Å²) < 4.78 is 5.88. The topological polar surface area (TPSA) is 29.5 Å². The molecule has 2 nitrogen and oxygen atoms in total. The van der Waals surface area contributed by atoms with Crippen LogP contribution in [-0.2, 0) is 4.74 Å². The van der Waals surface area contributed by atoms with Crippen LogP contribution in [0.2, 0.25) is 0 Å². The highest BCUT2D eigenvalue weighted by Crippen LogP contribution is 2.56. The molecule has 1 saturated carbocycles. The SMILES string of the molecule is Cc1ccc([C@H]2C[C@H]3COCC(=C=C(c4ccccc4)c4ccccc4)[C@]32O)cc1. The lowest BCUT2D eigenvalue weighted by Gasteiger charge is -2.55. The van der Waals surface area contributed by atoms with Crippen molar-refractivity contribution in [1.29, 1.82) is 0 Å². The summed E-state index contributed by atoms with van der Waals surface area (Å²) in [6, 6.07) is 29.1. The molecule has 3 aromatic carbocycles. The van der Waals surface area contributed by atoms with Crippen LogP contribution < -0.4 is 0 Å². The highest BCUT2D eigenvalue weighted by atomic mass is 16.5. The Morgan fingerprint density at radius 1 is 0.900 bits per heavy atom. The van der Waals surface area contributed by atoms with Crippen LogP contribution in [0.5, 0.6) is 0 Å². The Hall–Kier alpha value is -2.90. The van der Waals surface area contributed by atoms with Gasteiger partial charge in [-0.25, -0.2) is 0 Å². The molecule has 150 valence electrons. The van der Waals surface area contributed by atoms with Crippen molar-refractivity contribution in [3.05, 3.63) is 118 Å². The van der Waals surface area contributed by atoms with Crippen LogP contribution >= 0.6 is 0 Å². The van der Waals surface area contributed by atoms with E-state index in [1.165, 1.54) is 11.1 Å². The monoisotopic (exact) mass is 394 g/mol. The molecule has 0 aromatic heterocycles. The van der Waals surface area contributed by atoms with Gasteiger partial charge in [0, 0.05) is 23.0 Å². The van der Waals surface area contributed by atoms with Crippen molar-refractivity contribution in [2.75, 3.05) is 13.2 Å². The molecule has 1 aliphatic carbocycles. The zero-order chi connectivity index (χ0) is 20.6. The van der Waals surface area contributed by atoms with E-state index in [4.69, 9.17) is 4.74 Å². The van der Waals surface area contributed by atoms with E-state index in [2.05, 4.69) is 61.2 Å². The third kappa shape index (κ3) is 3.24. The van der Waals surface area contributed by atoms with Crippen molar-refractivity contribution in [1.82, 2.24) is 0 Å². The molecule has 0 spiro atoms. The van der Waals surface area contributed by atoms with Crippen molar-refractivity contribution >= 4 is 5.57 Å². The summed E-state index contributed by atoms with van der Waals surface area (Å²) >= 11 is 0. The minimum absolute atomic E-state index is 0.0855. The number of ether oxygens (including phenoxy) is 1. The van der Waals surface area contributed by atoms with Gasteiger partial charge in [-0.3, -0.25) is 0 Å². The summed E-state index contributed by atoms with van der Waals surface area (Å²) in [5, 5.41) is 11.9. The van der Waals surface area contributed by atoms with Crippen LogP contribution in [0.4, 0.5) is 0 Å². The first kappa shape index (κ1) is 19.1. The molecule has 2 heteroatoms. The van der Waals surface area contributed by atoms with Gasteiger partial charge in [0.2, 0.25) is 0 Å². The number of fused-ring (bicyclic) bond motifs is 1. The maximum atomic E-state index is 11.9. The highest BCUT2D eigenvalue weighted by Gasteiger charge is 2.58. The van der Waals surface area contributed by atoms with Crippen molar-refractivity contribution in [2.24, 2.45) is 5.92 Å². The molecular formula is C28H26O2. The first-order valence-corrected chi connectivity index (χ1v) is 10.6. The molecule has 0 bridgehead atoms. The summed E-state index contributed by atoms with van der Waals surface area (Å²) in [5.41, 5.74) is 9.20. The van der Waals surface area contributed by atoms with Crippen molar-refractivity contribution in [3.63, 3.8) is 0 Å². The lowest BCUT2D eigenvalue weighted by Crippen LogP contribution is -2.60. The van der Waals surface area contributed by atoms with Crippen LogP contribution in [0.25, 0.3) is 5.57 Å². The van der Waals surface area contributed by atoms with Gasteiger partial charge >= 0.3 is 0 Å². The average Bonchev–Trinajstić information content (AvgIpc) is 2.78. The fraction of sp³-hybridized carbons (Fsp3) is 0.250. The smallest absolute Gasteiger partial charge is 0.107 e. The standard InChI is InChI=1S/C28H26O2/c1-20-12-14-23(15-13-20)27-17-25-19-30-18-24(28(25,27)29)16-26(21-8-4-2-5-9-21)22-10-6-3-7-11-22/h2-15,25,27,29H,17-19H2,1H3/t25-,27+,28-/m0/s1. The summed E-state index contributed by atoms with van der Waals surface area (Å²) in [7, 11) is 0. The van der Waals surface area contributed by atoms with Gasteiger partial charge in [-0.1, -0.05) is 90.5 Å². The maximum absolute atomic E-state index is 11.9. The molecule has 1 saturated heterocycles. The van der Waals surface area contributed by atoms with E-state index in [-0.39, 0.29) is 11.8 Å². The van der Waals surface area contributed by atoms with Crippen molar-refractivity contribution in [3.8, 4) is 0 Å². The summed E-state index contributed by atoms with van der Waals surface area (Å²) in [5.74, 6) is 0.204. The highest BCUT2D eigenvalue weighted by molar-refractivity contribution is 5.79. The predicted octanol–water partition coefficient (Wildman–Crippen LogP) is 5.52. The Morgan fingerprint density at radius 3 is 2.10 bits per heavy atom. The van der Waals surface area contributed by atoms with Crippen LogP contribution in [0, 0.1) is 12.8 Å². The third-order valence-corrected chi connectivity index (χ3v) is 6.60. The fourth-order valence-corrected chi connectivity index (χ4v) is 4.84. The number of benzene rings is 3. The average molecular weight is 395 g/mol. The van der Waals surface area contributed by atoms with E-state index >= 15 is 0 Å². The molecule has 0 amide bonds. The molecule has 1 heterocycles. The second-order valence-corrected chi connectivity index (χ2v) is 8.45. The number of aliphatic hydroxyl groups is 1. The van der Waals surface area contributed by atoms with Crippen molar-refractivity contribution in [2.45, 2.75) is 24.9 Å². The molecule has 30 heavy (non-hydrogen) atoms. The van der Waals surface area contributed by atoms with E-state index in [9.17, 15) is 5.11 Å². The number of hydrogen-bond acceptors (Lipinski definition) is 2. The lowest BCUT2D eigenvalue weighted by molar-refractivity contribution is -0.146. The van der Waals surface area contributed by atoms with Crippen LogP contribution in [-0.4, -0.2) is 23.9 Å². The molecule has 0 radical (unpaired) electrons. The number of hydrogen-bond donors (Lipinski definition) is 1. The quantitative estimate of drug-likeness (QED) is 0.593. The fourth-order valence-electron chi connectivity index (χ4n) is 4.84. The Balaban J connectivity index is 1.66. The first-order valence-electron chi connectivity index (χ1n) is 10.6. The second kappa shape index (κ2) is 7.74. The van der Waals surface area contributed by atoms with Gasteiger partial charge in [0.25, 0.3) is 0 Å². The third-order valence-electron chi connectivity index (χ3n) is 6.60. The Labute approximate surface area is 178 Å². The zero-order valence-electron chi connectivity index (χ0n) is 17.2. The number of rotatable bonds is 3. The van der Waals surface area contributed by atoms with Crippen LogP contribution in [0.3, 0.4) is 0 Å². The molecule has 3 atom stereocenters. The Kier molecular flexibility index (Phi) is 4.92. The van der Waals surface area contributed by atoms with Crippen LogP contribution in [0.15, 0.2) is 96.2 Å². The Bertz CT molecular complexity index is 1050. The minimum atomic E-state index is -0.900. The van der Waals surface area contributed by atoms with E-state index in [0.29, 0.717) is 13.2 Å². The van der Waals surface area contributed by atoms with Gasteiger partial charge in [0.15, 0.2) is 0 Å². The summed E-state index contributed by atoms with van der Waals surface area (Å²) in [6.45, 7) is 3.12. The second-order valence-electron chi connectivity index (χ2n) is 8.45. The van der Waals surface area contributed by atoms with E-state index in [1.807, 2.05) is 36.4 Å². The summed E-state index contributed by atoms with van der Waals surface area (Å²) in [6.07, 6.45) is 0.941. The maximum Gasteiger partial charge on any atom is 0.107 e. The zero-order valence-corrected chi connectivity index (χ0v) is 17.2.